The van der Waals surface area contributed by atoms with Crippen LogP contribution in [0.3, 0.4) is 0 Å². The second-order valence-electron chi connectivity index (χ2n) is 4.78. The van der Waals surface area contributed by atoms with Gasteiger partial charge in [-0.1, -0.05) is 0 Å². The first kappa shape index (κ1) is 15.4. The first-order valence-electron chi connectivity index (χ1n) is 4.64. The maximum absolute atomic E-state index is 8.52. The van der Waals surface area contributed by atoms with E-state index in [1.807, 2.05) is 0 Å². The van der Waals surface area contributed by atoms with Crippen LogP contribution in [0.4, 0.5) is 0 Å². The minimum atomic E-state index is -0.500. The van der Waals surface area contributed by atoms with Gasteiger partial charge in [-0.2, -0.15) is 0 Å². The molecule has 0 amide bonds. The summed E-state index contributed by atoms with van der Waals surface area (Å²) in [5.74, 6) is 0. The second kappa shape index (κ2) is 7.30. The molecule has 3 heteroatoms. The van der Waals surface area contributed by atoms with E-state index in [-0.39, 0.29) is 0 Å². The van der Waals surface area contributed by atoms with Crippen molar-refractivity contribution in [2.75, 3.05) is 41.3 Å². The molecule has 0 saturated carbocycles. The molecule has 3 nitrogen and oxygen atoms in total. The quantitative estimate of drug-likeness (QED) is 0.716. The van der Waals surface area contributed by atoms with Crippen molar-refractivity contribution in [3.63, 3.8) is 0 Å². The van der Waals surface area contributed by atoms with E-state index in [9.17, 15) is 0 Å². The summed E-state index contributed by atoms with van der Waals surface area (Å²) < 4.78 is 0. The molecule has 0 spiro atoms. The number of nitrogens with zero attached hydrogens (tertiary/aromatic N) is 2. The van der Waals surface area contributed by atoms with Crippen molar-refractivity contribution in [1.29, 1.82) is 0 Å². The fourth-order valence-corrected chi connectivity index (χ4v) is 0.400. The largest absolute Gasteiger partial charge is 0.391 e. The van der Waals surface area contributed by atoms with Crippen LogP contribution >= 0.6 is 0 Å². The van der Waals surface area contributed by atoms with E-state index >= 15 is 0 Å². The highest BCUT2D eigenvalue weighted by Crippen LogP contribution is 1.93. The Morgan fingerprint density at radius 3 is 1.08 bits per heavy atom. The molecule has 13 heavy (non-hydrogen) atoms. The highest BCUT2D eigenvalue weighted by molar-refractivity contribution is 4.50. The molecule has 1 N–H and O–H groups in total. The summed E-state index contributed by atoms with van der Waals surface area (Å²) in [4.78, 5) is 4.36. The highest BCUT2D eigenvalue weighted by Gasteiger charge is 1.97. The van der Waals surface area contributed by atoms with Gasteiger partial charge in [0.2, 0.25) is 0 Å². The van der Waals surface area contributed by atoms with E-state index in [1.54, 1.807) is 20.8 Å². The van der Waals surface area contributed by atoms with Crippen LogP contribution in [0.1, 0.15) is 20.8 Å². The number of hydrogen-bond donors (Lipinski definition) is 1. The van der Waals surface area contributed by atoms with Gasteiger partial charge in [0.25, 0.3) is 0 Å². The van der Waals surface area contributed by atoms with E-state index in [0.29, 0.717) is 0 Å². The monoisotopic (exact) mass is 190 g/mol. The fourth-order valence-electron chi connectivity index (χ4n) is 0.400. The zero-order valence-electron chi connectivity index (χ0n) is 10.3. The summed E-state index contributed by atoms with van der Waals surface area (Å²) in [5.41, 5.74) is -0.500. The number of hydrogen-bond acceptors (Lipinski definition) is 3. The summed E-state index contributed by atoms with van der Waals surface area (Å²) in [6.07, 6.45) is 0. The van der Waals surface area contributed by atoms with Gasteiger partial charge in [0.15, 0.2) is 0 Å². The Balaban J connectivity index is 0. The molecule has 0 atom stereocenters. The SMILES string of the molecule is CC(C)(C)O.CN(C)CCN(C)C. The molecular weight excluding hydrogens is 164 g/mol. The minimum Gasteiger partial charge on any atom is -0.391 e. The summed E-state index contributed by atoms with van der Waals surface area (Å²) in [6, 6.07) is 0. The Morgan fingerprint density at radius 2 is 1.00 bits per heavy atom. The van der Waals surface area contributed by atoms with Crippen molar-refractivity contribution >= 4 is 0 Å². The molecule has 0 bridgehead atoms. The Hall–Kier alpha value is -0.120. The van der Waals surface area contributed by atoms with E-state index < -0.39 is 5.60 Å². The first-order chi connectivity index (χ1) is 5.63. The van der Waals surface area contributed by atoms with Crippen LogP contribution < -0.4 is 0 Å². The van der Waals surface area contributed by atoms with Gasteiger partial charge >= 0.3 is 0 Å². The maximum atomic E-state index is 8.52. The molecule has 0 aromatic heterocycles. The van der Waals surface area contributed by atoms with Crippen molar-refractivity contribution in [1.82, 2.24) is 9.80 Å². The van der Waals surface area contributed by atoms with E-state index in [4.69, 9.17) is 5.11 Å². The summed E-state index contributed by atoms with van der Waals surface area (Å²) in [5, 5.41) is 8.52. The molecule has 0 radical (unpaired) electrons. The third-order valence-corrected chi connectivity index (χ3v) is 0.994. The number of rotatable bonds is 3. The molecule has 0 aromatic rings. The van der Waals surface area contributed by atoms with E-state index in [0.717, 1.165) is 13.1 Å². The third-order valence-electron chi connectivity index (χ3n) is 0.994. The van der Waals surface area contributed by atoms with Gasteiger partial charge in [-0.25, -0.2) is 0 Å². The molecule has 0 aliphatic heterocycles. The van der Waals surface area contributed by atoms with Crippen LogP contribution in [-0.2, 0) is 0 Å². The maximum Gasteiger partial charge on any atom is 0.0563 e. The average Bonchev–Trinajstić information content (AvgIpc) is 1.79. The molecule has 0 aliphatic rings. The normalized spacial score (nSPS) is 11.5. The Kier molecular flexibility index (Phi) is 8.62. The van der Waals surface area contributed by atoms with Crippen molar-refractivity contribution in [3.8, 4) is 0 Å². The fraction of sp³-hybridized carbons (Fsp3) is 1.00. The van der Waals surface area contributed by atoms with Gasteiger partial charge in [-0.05, 0) is 49.0 Å². The predicted octanol–water partition coefficient (Wildman–Crippen LogP) is 0.887. The summed E-state index contributed by atoms with van der Waals surface area (Å²) >= 11 is 0. The van der Waals surface area contributed by atoms with Crippen molar-refractivity contribution in [2.45, 2.75) is 26.4 Å². The third kappa shape index (κ3) is 48.7. The molecular formula is C10H26N2O. The molecule has 82 valence electrons. The van der Waals surface area contributed by atoms with Gasteiger partial charge in [0, 0.05) is 13.1 Å². The zero-order chi connectivity index (χ0) is 11.1. The van der Waals surface area contributed by atoms with Crippen LogP contribution in [0.25, 0.3) is 0 Å². The van der Waals surface area contributed by atoms with Crippen molar-refractivity contribution in [3.05, 3.63) is 0 Å². The Labute approximate surface area is 83.3 Å². The molecule has 0 unspecified atom stereocenters. The lowest BCUT2D eigenvalue weighted by Gasteiger charge is -2.13. The van der Waals surface area contributed by atoms with Crippen LogP contribution in [-0.4, -0.2) is 61.8 Å². The van der Waals surface area contributed by atoms with Crippen molar-refractivity contribution in [2.24, 2.45) is 0 Å². The van der Waals surface area contributed by atoms with Crippen LogP contribution in [0.5, 0.6) is 0 Å². The Morgan fingerprint density at radius 1 is 0.846 bits per heavy atom. The van der Waals surface area contributed by atoms with Crippen LogP contribution in [0.2, 0.25) is 0 Å². The highest BCUT2D eigenvalue weighted by atomic mass is 16.3. The van der Waals surface area contributed by atoms with Gasteiger partial charge in [-0.3, -0.25) is 0 Å². The first-order valence-corrected chi connectivity index (χ1v) is 4.64. The summed E-state index contributed by atoms with van der Waals surface area (Å²) in [6.45, 7) is 7.52. The smallest absolute Gasteiger partial charge is 0.0563 e. The predicted molar refractivity (Wildman–Crippen MR) is 59.1 cm³/mol. The molecule has 0 saturated heterocycles. The topological polar surface area (TPSA) is 26.7 Å². The zero-order valence-corrected chi connectivity index (χ0v) is 10.3. The van der Waals surface area contributed by atoms with Gasteiger partial charge < -0.3 is 14.9 Å². The van der Waals surface area contributed by atoms with E-state index in [1.165, 1.54) is 0 Å². The molecule has 0 aromatic carbocycles. The standard InChI is InChI=1S/C6H16N2.C4H10O/c1-7(2)5-6-8(3)4;1-4(2,3)5/h5-6H2,1-4H3;5H,1-3H3. The van der Waals surface area contributed by atoms with Gasteiger partial charge in [-0.15, -0.1) is 0 Å². The molecule has 0 aliphatic carbocycles. The van der Waals surface area contributed by atoms with Gasteiger partial charge in [0.1, 0.15) is 0 Å². The minimum absolute atomic E-state index is 0.500. The lowest BCUT2D eigenvalue weighted by molar-refractivity contribution is 0.102. The average molecular weight is 190 g/mol. The lowest BCUT2D eigenvalue weighted by Crippen LogP contribution is -2.25. The van der Waals surface area contributed by atoms with Gasteiger partial charge in [0.05, 0.1) is 5.60 Å². The van der Waals surface area contributed by atoms with Crippen molar-refractivity contribution < 1.29 is 5.11 Å². The van der Waals surface area contributed by atoms with Crippen LogP contribution in [0.15, 0.2) is 0 Å². The lowest BCUT2D eigenvalue weighted by atomic mass is 10.2. The molecule has 0 rings (SSSR count). The number of likely N-dealkylation sites (N-methyl/N-ethyl adjacent to an activating group) is 2. The second-order valence-corrected chi connectivity index (χ2v) is 4.78. The number of aliphatic hydroxyl groups is 1. The Bertz CT molecular complexity index is 92.0. The van der Waals surface area contributed by atoms with E-state index in [2.05, 4.69) is 38.0 Å². The molecule has 0 heterocycles. The molecule has 0 fully saturated rings. The van der Waals surface area contributed by atoms with Crippen LogP contribution in [0, 0.1) is 0 Å². The summed E-state index contributed by atoms with van der Waals surface area (Å²) in [7, 11) is 8.35.